The number of fused-ring (bicyclic) bond motifs is 1. The zero-order valence-electron chi connectivity index (χ0n) is 13.0. The van der Waals surface area contributed by atoms with Crippen LogP contribution >= 0.6 is 0 Å². The van der Waals surface area contributed by atoms with Gasteiger partial charge in [0.2, 0.25) is 0 Å². The van der Waals surface area contributed by atoms with E-state index < -0.39 is 0 Å². The molecule has 4 heteroatoms. The third-order valence-corrected chi connectivity index (χ3v) is 3.81. The molecule has 2 aromatic rings. The lowest BCUT2D eigenvalue weighted by molar-refractivity contribution is 0.0981. The predicted molar refractivity (Wildman–Crippen MR) is 87.3 cm³/mol. The van der Waals surface area contributed by atoms with Crippen LogP contribution in [-0.4, -0.2) is 42.7 Å². The Hall–Kier alpha value is -1.49. The number of pyridine rings is 1. The standard InChI is InChI=1S/C17H25N3O/c1-3-20(10-11-21-4-2)17(13-18)15-7-8-16-14(12-15)6-5-9-19-16/h5-9,12,17H,3-4,10-11,13,18H2,1-2H3. The molecule has 21 heavy (non-hydrogen) atoms. The van der Waals surface area contributed by atoms with Gasteiger partial charge in [-0.3, -0.25) is 9.88 Å². The van der Waals surface area contributed by atoms with Crippen molar-refractivity contribution in [2.24, 2.45) is 5.73 Å². The number of rotatable bonds is 8. The van der Waals surface area contributed by atoms with Crippen LogP contribution in [-0.2, 0) is 4.74 Å². The average Bonchev–Trinajstić information content (AvgIpc) is 2.54. The van der Waals surface area contributed by atoms with Gasteiger partial charge in [0.15, 0.2) is 0 Å². The van der Waals surface area contributed by atoms with E-state index in [4.69, 9.17) is 10.5 Å². The number of likely N-dealkylation sites (N-methyl/N-ethyl adjacent to an activating group) is 1. The van der Waals surface area contributed by atoms with Crippen LogP contribution < -0.4 is 5.73 Å². The molecule has 1 unspecified atom stereocenters. The molecule has 4 nitrogen and oxygen atoms in total. The molecule has 0 spiro atoms. The third kappa shape index (κ3) is 4.00. The highest BCUT2D eigenvalue weighted by atomic mass is 16.5. The van der Waals surface area contributed by atoms with Gasteiger partial charge in [0.1, 0.15) is 0 Å². The van der Waals surface area contributed by atoms with Crippen molar-refractivity contribution in [1.82, 2.24) is 9.88 Å². The lowest BCUT2D eigenvalue weighted by atomic mass is 10.0. The molecule has 1 aromatic heterocycles. The first-order valence-corrected chi connectivity index (χ1v) is 7.66. The normalized spacial score (nSPS) is 13.0. The van der Waals surface area contributed by atoms with Crippen molar-refractivity contribution in [2.75, 3.05) is 32.8 Å². The Kier molecular flexibility index (Phi) is 6.11. The summed E-state index contributed by atoms with van der Waals surface area (Å²) in [6.07, 6.45) is 1.82. The Morgan fingerprint density at radius 1 is 1.29 bits per heavy atom. The Morgan fingerprint density at radius 2 is 2.14 bits per heavy atom. The van der Waals surface area contributed by atoms with Crippen molar-refractivity contribution >= 4 is 10.9 Å². The lowest BCUT2D eigenvalue weighted by Gasteiger charge is -2.30. The van der Waals surface area contributed by atoms with E-state index in [-0.39, 0.29) is 6.04 Å². The van der Waals surface area contributed by atoms with E-state index >= 15 is 0 Å². The van der Waals surface area contributed by atoms with Gasteiger partial charge < -0.3 is 10.5 Å². The SMILES string of the molecule is CCOCCN(CC)C(CN)c1ccc2ncccc2c1. The van der Waals surface area contributed by atoms with Gasteiger partial charge in [0.05, 0.1) is 12.1 Å². The molecule has 2 N–H and O–H groups in total. The largest absolute Gasteiger partial charge is 0.380 e. The Bertz CT molecular complexity index is 558. The number of nitrogens with two attached hydrogens (primary N) is 1. The molecule has 0 saturated carbocycles. The first-order chi connectivity index (χ1) is 10.3. The minimum Gasteiger partial charge on any atom is -0.380 e. The molecule has 1 heterocycles. The van der Waals surface area contributed by atoms with Gasteiger partial charge in [-0.1, -0.05) is 19.1 Å². The van der Waals surface area contributed by atoms with Crippen LogP contribution in [0.5, 0.6) is 0 Å². The van der Waals surface area contributed by atoms with Crippen LogP contribution in [0.1, 0.15) is 25.5 Å². The second-order valence-corrected chi connectivity index (χ2v) is 5.03. The first kappa shape index (κ1) is 15.9. The number of nitrogens with zero attached hydrogens (tertiary/aromatic N) is 2. The molecular formula is C17H25N3O. The monoisotopic (exact) mass is 287 g/mol. The number of ether oxygens (including phenoxy) is 1. The molecule has 2 rings (SSSR count). The van der Waals surface area contributed by atoms with Gasteiger partial charge in [-0.15, -0.1) is 0 Å². The van der Waals surface area contributed by atoms with Gasteiger partial charge in [0.25, 0.3) is 0 Å². The van der Waals surface area contributed by atoms with E-state index in [0.29, 0.717) is 6.54 Å². The summed E-state index contributed by atoms with van der Waals surface area (Å²) in [4.78, 5) is 6.74. The second kappa shape index (κ2) is 8.08. The summed E-state index contributed by atoms with van der Waals surface area (Å²) < 4.78 is 5.47. The van der Waals surface area contributed by atoms with E-state index in [2.05, 4.69) is 41.1 Å². The second-order valence-electron chi connectivity index (χ2n) is 5.03. The van der Waals surface area contributed by atoms with E-state index in [1.165, 1.54) is 5.56 Å². The van der Waals surface area contributed by atoms with Crippen molar-refractivity contribution in [3.63, 3.8) is 0 Å². The fraction of sp³-hybridized carbons (Fsp3) is 0.471. The van der Waals surface area contributed by atoms with Crippen molar-refractivity contribution in [3.8, 4) is 0 Å². The Balaban J connectivity index is 2.20. The molecule has 0 radical (unpaired) electrons. The molecule has 1 atom stereocenters. The van der Waals surface area contributed by atoms with Crippen LogP contribution in [0.3, 0.4) is 0 Å². The first-order valence-electron chi connectivity index (χ1n) is 7.66. The number of hydrogen-bond donors (Lipinski definition) is 1. The van der Waals surface area contributed by atoms with Crippen molar-refractivity contribution in [1.29, 1.82) is 0 Å². The minimum atomic E-state index is 0.222. The molecule has 0 fully saturated rings. The highest BCUT2D eigenvalue weighted by Gasteiger charge is 2.17. The average molecular weight is 287 g/mol. The minimum absolute atomic E-state index is 0.222. The number of aromatic nitrogens is 1. The lowest BCUT2D eigenvalue weighted by Crippen LogP contribution is -2.36. The van der Waals surface area contributed by atoms with Gasteiger partial charge in [-0.2, -0.15) is 0 Å². The van der Waals surface area contributed by atoms with Crippen molar-refractivity contribution in [3.05, 3.63) is 42.1 Å². The van der Waals surface area contributed by atoms with Crippen molar-refractivity contribution < 1.29 is 4.74 Å². The maximum Gasteiger partial charge on any atom is 0.0702 e. The van der Waals surface area contributed by atoms with E-state index in [1.807, 2.05) is 19.2 Å². The van der Waals surface area contributed by atoms with E-state index in [1.54, 1.807) is 0 Å². The summed E-state index contributed by atoms with van der Waals surface area (Å²) in [5.41, 5.74) is 8.30. The summed E-state index contributed by atoms with van der Waals surface area (Å²) in [6, 6.07) is 10.7. The van der Waals surface area contributed by atoms with Crippen LogP contribution in [0.15, 0.2) is 36.5 Å². The predicted octanol–water partition coefficient (Wildman–Crippen LogP) is 2.59. The Morgan fingerprint density at radius 3 is 2.86 bits per heavy atom. The van der Waals surface area contributed by atoms with E-state index in [0.717, 1.165) is 37.2 Å². The molecule has 0 amide bonds. The molecule has 0 bridgehead atoms. The van der Waals surface area contributed by atoms with Gasteiger partial charge in [-0.05, 0) is 37.2 Å². The number of benzene rings is 1. The maximum atomic E-state index is 6.03. The van der Waals surface area contributed by atoms with E-state index in [9.17, 15) is 0 Å². The summed E-state index contributed by atoms with van der Waals surface area (Å²) in [5.74, 6) is 0. The highest BCUT2D eigenvalue weighted by molar-refractivity contribution is 5.79. The number of hydrogen-bond acceptors (Lipinski definition) is 4. The molecule has 0 saturated heterocycles. The molecule has 114 valence electrons. The zero-order chi connectivity index (χ0) is 15.1. The summed E-state index contributed by atoms with van der Waals surface area (Å²) in [7, 11) is 0. The molecular weight excluding hydrogens is 262 g/mol. The van der Waals surface area contributed by atoms with Gasteiger partial charge >= 0.3 is 0 Å². The van der Waals surface area contributed by atoms with Gasteiger partial charge in [0, 0.05) is 37.3 Å². The fourth-order valence-corrected chi connectivity index (χ4v) is 2.66. The summed E-state index contributed by atoms with van der Waals surface area (Å²) >= 11 is 0. The summed E-state index contributed by atoms with van der Waals surface area (Å²) in [6.45, 7) is 8.15. The summed E-state index contributed by atoms with van der Waals surface area (Å²) in [5, 5.41) is 1.16. The fourth-order valence-electron chi connectivity index (χ4n) is 2.66. The highest BCUT2D eigenvalue weighted by Crippen LogP contribution is 2.23. The molecule has 0 aliphatic carbocycles. The Labute approximate surface area is 126 Å². The van der Waals surface area contributed by atoms with Crippen LogP contribution in [0.4, 0.5) is 0 Å². The maximum absolute atomic E-state index is 6.03. The third-order valence-electron chi connectivity index (χ3n) is 3.81. The van der Waals surface area contributed by atoms with Crippen LogP contribution in [0.25, 0.3) is 10.9 Å². The molecule has 0 aliphatic rings. The topological polar surface area (TPSA) is 51.4 Å². The zero-order valence-corrected chi connectivity index (χ0v) is 13.0. The van der Waals surface area contributed by atoms with Crippen LogP contribution in [0.2, 0.25) is 0 Å². The van der Waals surface area contributed by atoms with Crippen LogP contribution in [0, 0.1) is 0 Å². The quantitative estimate of drug-likeness (QED) is 0.758. The molecule has 0 aliphatic heterocycles. The smallest absolute Gasteiger partial charge is 0.0702 e. The molecule has 1 aromatic carbocycles. The van der Waals surface area contributed by atoms with Gasteiger partial charge in [-0.25, -0.2) is 0 Å². The van der Waals surface area contributed by atoms with Crippen molar-refractivity contribution in [2.45, 2.75) is 19.9 Å².